The lowest BCUT2D eigenvalue weighted by atomic mass is 10.3. The number of nitrogens with one attached hydrogen (secondary N) is 1. The van der Waals surface area contributed by atoms with E-state index in [1.54, 1.807) is 24.3 Å². The van der Waals surface area contributed by atoms with Crippen LogP contribution in [-0.4, -0.2) is 5.91 Å². The highest BCUT2D eigenvalue weighted by Crippen LogP contribution is 2.22. The van der Waals surface area contributed by atoms with Crippen molar-refractivity contribution in [2.24, 2.45) is 0 Å². The molecule has 0 heterocycles. The molecule has 72 valence electrons. The van der Waals surface area contributed by atoms with Crippen molar-refractivity contribution in [3.05, 3.63) is 28.2 Å². The second-order valence-corrected chi connectivity index (χ2v) is 3.41. The Morgan fingerprint density at radius 1 is 1.36 bits per heavy atom. The van der Waals surface area contributed by atoms with Crippen molar-refractivity contribution >= 4 is 34.8 Å². The van der Waals surface area contributed by atoms with Crippen molar-refractivity contribution in [1.82, 2.24) is 0 Å². The first-order valence-electron chi connectivity index (χ1n) is 3.74. The average Bonchev–Trinajstić information content (AvgIpc) is 2.01. The van der Waals surface area contributed by atoms with E-state index in [0.29, 0.717) is 15.7 Å². The molecule has 5 heteroatoms. The summed E-state index contributed by atoms with van der Waals surface area (Å²) in [5.74, 6) is -0.383. The summed E-state index contributed by atoms with van der Waals surface area (Å²) in [7, 11) is 0. The van der Waals surface area contributed by atoms with Gasteiger partial charge in [-0.15, -0.1) is 0 Å². The number of hydrogen-bond donors (Lipinski definition) is 1. The van der Waals surface area contributed by atoms with E-state index >= 15 is 0 Å². The maximum atomic E-state index is 11.0. The molecule has 0 spiro atoms. The smallest absolute Gasteiger partial charge is 0.238 e. The summed E-state index contributed by atoms with van der Waals surface area (Å²) in [5.41, 5.74) is 0.489. The molecule has 0 fully saturated rings. The number of carbonyl (C=O) groups is 1. The highest BCUT2D eigenvalue weighted by atomic mass is 35.5. The third-order valence-corrected chi connectivity index (χ3v) is 1.82. The van der Waals surface area contributed by atoms with Gasteiger partial charge in [0, 0.05) is 15.7 Å². The molecule has 1 amide bonds. The number of amides is 1. The zero-order chi connectivity index (χ0) is 10.6. The Bertz CT molecular complexity index is 378. The number of halogens is 2. The number of nitrogens with zero attached hydrogens (tertiary/aromatic N) is 1. The standard InChI is InChI=1S/C9H6Cl2N2O/c10-6-3-7(11)5-8(4-6)13-9(14)1-2-12/h3-5H,1H2,(H,13,14). The Morgan fingerprint density at radius 2 is 1.93 bits per heavy atom. The summed E-state index contributed by atoms with van der Waals surface area (Å²) in [5, 5.41) is 11.6. The molecule has 0 aliphatic heterocycles. The second kappa shape index (κ2) is 4.85. The van der Waals surface area contributed by atoms with Crippen molar-refractivity contribution in [1.29, 1.82) is 5.26 Å². The second-order valence-electron chi connectivity index (χ2n) is 2.54. The third kappa shape index (κ3) is 3.25. The van der Waals surface area contributed by atoms with Gasteiger partial charge in [-0.1, -0.05) is 23.2 Å². The number of anilines is 1. The zero-order valence-electron chi connectivity index (χ0n) is 7.05. The number of benzene rings is 1. The normalized spacial score (nSPS) is 9.21. The van der Waals surface area contributed by atoms with Gasteiger partial charge in [-0.25, -0.2) is 0 Å². The minimum absolute atomic E-state index is 0.190. The lowest BCUT2D eigenvalue weighted by Gasteiger charge is -2.03. The van der Waals surface area contributed by atoms with Gasteiger partial charge in [0.25, 0.3) is 0 Å². The molecule has 0 unspecified atom stereocenters. The van der Waals surface area contributed by atoms with Gasteiger partial charge in [-0.2, -0.15) is 5.26 Å². The Kier molecular flexibility index (Phi) is 3.75. The fourth-order valence-corrected chi connectivity index (χ4v) is 1.43. The van der Waals surface area contributed by atoms with Crippen LogP contribution in [0.25, 0.3) is 0 Å². The van der Waals surface area contributed by atoms with Crippen LogP contribution in [0.15, 0.2) is 18.2 Å². The fourth-order valence-electron chi connectivity index (χ4n) is 0.903. The molecule has 0 bridgehead atoms. The van der Waals surface area contributed by atoms with E-state index in [9.17, 15) is 4.79 Å². The van der Waals surface area contributed by atoms with Gasteiger partial charge in [0.05, 0.1) is 6.07 Å². The number of rotatable bonds is 2. The van der Waals surface area contributed by atoms with Crippen LogP contribution in [0.2, 0.25) is 10.0 Å². The minimum Gasteiger partial charge on any atom is -0.325 e. The first-order chi connectivity index (χ1) is 6.61. The fraction of sp³-hybridized carbons (Fsp3) is 0.111. The van der Waals surface area contributed by atoms with E-state index in [1.807, 2.05) is 0 Å². The predicted molar refractivity (Wildman–Crippen MR) is 55.3 cm³/mol. The van der Waals surface area contributed by atoms with Crippen LogP contribution in [0.3, 0.4) is 0 Å². The number of carbonyl (C=O) groups excluding carboxylic acids is 1. The predicted octanol–water partition coefficient (Wildman–Crippen LogP) is 2.85. The number of hydrogen-bond acceptors (Lipinski definition) is 2. The van der Waals surface area contributed by atoms with Crippen molar-refractivity contribution in [2.45, 2.75) is 6.42 Å². The van der Waals surface area contributed by atoms with Crippen LogP contribution >= 0.6 is 23.2 Å². The quantitative estimate of drug-likeness (QED) is 0.847. The topological polar surface area (TPSA) is 52.9 Å². The average molecular weight is 229 g/mol. The summed E-state index contributed by atoms with van der Waals surface area (Å²) >= 11 is 11.4. The molecule has 1 N–H and O–H groups in total. The summed E-state index contributed by atoms with van der Waals surface area (Å²) in [6.07, 6.45) is -0.190. The van der Waals surface area contributed by atoms with E-state index < -0.39 is 0 Å². The molecule has 0 radical (unpaired) electrons. The Morgan fingerprint density at radius 3 is 2.43 bits per heavy atom. The van der Waals surface area contributed by atoms with Crippen LogP contribution in [0.4, 0.5) is 5.69 Å². The van der Waals surface area contributed by atoms with Gasteiger partial charge in [0.15, 0.2) is 0 Å². The first kappa shape index (κ1) is 10.8. The van der Waals surface area contributed by atoms with E-state index in [-0.39, 0.29) is 12.3 Å². The van der Waals surface area contributed by atoms with Crippen LogP contribution < -0.4 is 5.32 Å². The first-order valence-corrected chi connectivity index (χ1v) is 4.50. The lowest BCUT2D eigenvalue weighted by Crippen LogP contribution is -2.09. The van der Waals surface area contributed by atoms with Gasteiger partial charge in [0.1, 0.15) is 6.42 Å². The molecule has 3 nitrogen and oxygen atoms in total. The summed E-state index contributed by atoms with van der Waals surface area (Å²) in [4.78, 5) is 11.0. The lowest BCUT2D eigenvalue weighted by molar-refractivity contribution is -0.115. The summed E-state index contributed by atoms with van der Waals surface area (Å²) in [6, 6.07) is 6.41. The molecule has 0 saturated carbocycles. The maximum absolute atomic E-state index is 11.0. The SMILES string of the molecule is N#CCC(=O)Nc1cc(Cl)cc(Cl)c1. The number of nitriles is 1. The monoisotopic (exact) mass is 228 g/mol. The van der Waals surface area contributed by atoms with Crippen LogP contribution in [-0.2, 0) is 4.79 Å². The van der Waals surface area contributed by atoms with Gasteiger partial charge >= 0.3 is 0 Å². The molecular weight excluding hydrogens is 223 g/mol. The third-order valence-electron chi connectivity index (χ3n) is 1.39. The molecular formula is C9H6Cl2N2O. The largest absolute Gasteiger partial charge is 0.325 e. The highest BCUT2D eigenvalue weighted by Gasteiger charge is 2.02. The van der Waals surface area contributed by atoms with E-state index in [4.69, 9.17) is 28.5 Å². The molecule has 1 rings (SSSR count). The van der Waals surface area contributed by atoms with Gasteiger partial charge in [0.2, 0.25) is 5.91 Å². The molecule has 0 aromatic heterocycles. The van der Waals surface area contributed by atoms with Crippen molar-refractivity contribution in [3.8, 4) is 6.07 Å². The van der Waals surface area contributed by atoms with Gasteiger partial charge in [-0.05, 0) is 18.2 Å². The summed E-state index contributed by atoms with van der Waals surface area (Å²) in [6.45, 7) is 0. The van der Waals surface area contributed by atoms with Crippen LogP contribution in [0.5, 0.6) is 0 Å². The molecule has 1 aromatic rings. The Hall–Kier alpha value is -1.24. The van der Waals surface area contributed by atoms with Gasteiger partial charge in [-0.3, -0.25) is 4.79 Å². The van der Waals surface area contributed by atoms with Crippen molar-refractivity contribution in [3.63, 3.8) is 0 Å². The molecule has 0 saturated heterocycles. The van der Waals surface area contributed by atoms with E-state index in [0.717, 1.165) is 0 Å². The van der Waals surface area contributed by atoms with Crippen LogP contribution in [0.1, 0.15) is 6.42 Å². The summed E-state index contributed by atoms with van der Waals surface area (Å²) < 4.78 is 0. The molecule has 0 atom stereocenters. The van der Waals surface area contributed by atoms with Gasteiger partial charge < -0.3 is 5.32 Å². The Labute approximate surface area is 91.2 Å². The maximum Gasteiger partial charge on any atom is 0.238 e. The van der Waals surface area contributed by atoms with Crippen molar-refractivity contribution in [2.75, 3.05) is 5.32 Å². The zero-order valence-corrected chi connectivity index (χ0v) is 8.56. The minimum atomic E-state index is -0.383. The van der Waals surface area contributed by atoms with Crippen LogP contribution in [0, 0.1) is 11.3 Å². The van der Waals surface area contributed by atoms with Crippen molar-refractivity contribution < 1.29 is 4.79 Å². The van der Waals surface area contributed by atoms with E-state index in [2.05, 4.69) is 5.32 Å². The molecule has 1 aromatic carbocycles. The molecule has 0 aliphatic rings. The molecule has 0 aliphatic carbocycles. The van der Waals surface area contributed by atoms with E-state index in [1.165, 1.54) is 0 Å². The highest BCUT2D eigenvalue weighted by molar-refractivity contribution is 6.35. The Balaban J connectivity index is 2.77. The molecule has 14 heavy (non-hydrogen) atoms.